The number of aromatic amines is 1. The number of nitrogens with one attached hydrogen (secondary N) is 1. The highest BCUT2D eigenvalue weighted by Crippen LogP contribution is 2.25. The van der Waals surface area contributed by atoms with Gasteiger partial charge in [0.1, 0.15) is 5.75 Å². The van der Waals surface area contributed by atoms with E-state index in [1.807, 2.05) is 32.3 Å². The number of anilines is 1. The van der Waals surface area contributed by atoms with Crippen molar-refractivity contribution in [3.63, 3.8) is 0 Å². The summed E-state index contributed by atoms with van der Waals surface area (Å²) in [6.07, 6.45) is 4.43. The van der Waals surface area contributed by atoms with Crippen LogP contribution in [0.15, 0.2) is 29.4 Å². The smallest absolute Gasteiger partial charge is 0.321 e. The van der Waals surface area contributed by atoms with Gasteiger partial charge in [-0.25, -0.2) is 0 Å². The monoisotopic (exact) mass is 303 g/mol. The molecule has 21 heavy (non-hydrogen) atoms. The van der Waals surface area contributed by atoms with Gasteiger partial charge in [0.05, 0.1) is 5.69 Å². The number of hydrogen-bond donors (Lipinski definition) is 1. The minimum Gasteiger partial charge on any atom is -0.609 e. The molecule has 0 fully saturated rings. The number of nitrogens with zero attached hydrogens (tertiary/aromatic N) is 2. The fourth-order valence-electron chi connectivity index (χ4n) is 2.81. The Bertz CT molecular complexity index is 600. The van der Waals surface area contributed by atoms with Crippen molar-refractivity contribution >= 4 is 16.9 Å². The van der Waals surface area contributed by atoms with Gasteiger partial charge in [0.2, 0.25) is 0 Å². The number of rotatable bonds is 4. The van der Waals surface area contributed by atoms with Gasteiger partial charge in [0.15, 0.2) is 0 Å². The number of fused-ring (bicyclic) bond motifs is 1. The summed E-state index contributed by atoms with van der Waals surface area (Å²) in [5.74, 6) is 0.501. The Morgan fingerprint density at radius 3 is 2.76 bits per heavy atom. The van der Waals surface area contributed by atoms with Crippen molar-refractivity contribution < 1.29 is 4.55 Å². The summed E-state index contributed by atoms with van der Waals surface area (Å²) in [5, 5.41) is 0.635. The van der Waals surface area contributed by atoms with Gasteiger partial charge in [0.25, 0.3) is 0 Å². The van der Waals surface area contributed by atoms with Crippen LogP contribution in [0.1, 0.15) is 29.8 Å². The number of para-hydroxylation sites is 1. The second-order valence-corrected chi connectivity index (χ2v) is 7.05. The number of imidazole rings is 1. The Labute approximate surface area is 128 Å². The standard InChI is InChI=1S/C16H21N3OS/c1-19(2)15-10-6-3-7-12(15)11-21(20)16-17-13-8-4-5-9-14(13)18-16/h3,6-7,10H,4-5,8-9,11H2,1-2H3,(H,17,18). The van der Waals surface area contributed by atoms with E-state index < -0.39 is 11.2 Å². The summed E-state index contributed by atoms with van der Waals surface area (Å²) in [6, 6.07) is 8.09. The Hall–Kier alpha value is -1.46. The molecular formula is C16H21N3OS. The van der Waals surface area contributed by atoms with Crippen molar-refractivity contribution in [2.45, 2.75) is 36.6 Å². The molecule has 1 heterocycles. The molecule has 0 saturated carbocycles. The van der Waals surface area contributed by atoms with Crippen LogP contribution < -0.4 is 4.90 Å². The maximum atomic E-state index is 12.6. The lowest BCUT2D eigenvalue weighted by atomic mass is 10.0. The molecule has 0 amide bonds. The van der Waals surface area contributed by atoms with Crippen molar-refractivity contribution in [3.8, 4) is 0 Å². The summed E-state index contributed by atoms with van der Waals surface area (Å²) in [7, 11) is 4.01. The van der Waals surface area contributed by atoms with Crippen LogP contribution in [0.4, 0.5) is 5.69 Å². The molecule has 1 aromatic carbocycles. The van der Waals surface area contributed by atoms with Crippen LogP contribution in [0.3, 0.4) is 0 Å². The summed E-state index contributed by atoms with van der Waals surface area (Å²) < 4.78 is 12.6. The lowest BCUT2D eigenvalue weighted by molar-refractivity contribution is 0.586. The minimum atomic E-state index is -1.12. The van der Waals surface area contributed by atoms with E-state index in [1.54, 1.807) is 0 Å². The molecule has 1 N–H and O–H groups in total. The van der Waals surface area contributed by atoms with E-state index in [0.29, 0.717) is 10.9 Å². The topological polar surface area (TPSA) is 55.0 Å². The summed E-state index contributed by atoms with van der Waals surface area (Å²) in [6.45, 7) is 0. The van der Waals surface area contributed by atoms with Gasteiger partial charge >= 0.3 is 5.16 Å². The van der Waals surface area contributed by atoms with Crippen molar-refractivity contribution in [1.29, 1.82) is 0 Å². The molecule has 1 aliphatic carbocycles. The van der Waals surface area contributed by atoms with Crippen molar-refractivity contribution in [1.82, 2.24) is 9.97 Å². The molecule has 3 rings (SSSR count). The quantitative estimate of drug-likeness (QED) is 0.884. The van der Waals surface area contributed by atoms with E-state index in [0.717, 1.165) is 29.8 Å². The number of aromatic nitrogens is 2. The molecule has 1 atom stereocenters. The average molecular weight is 303 g/mol. The normalized spacial score (nSPS) is 15.6. The first kappa shape index (κ1) is 14.5. The molecule has 0 radical (unpaired) electrons. The summed E-state index contributed by atoms with van der Waals surface area (Å²) >= 11 is -1.12. The van der Waals surface area contributed by atoms with Crippen LogP contribution in [0, 0.1) is 0 Å². The largest absolute Gasteiger partial charge is 0.609 e. The Morgan fingerprint density at radius 2 is 2.00 bits per heavy atom. The zero-order chi connectivity index (χ0) is 14.8. The van der Waals surface area contributed by atoms with Gasteiger partial charge in [-0.1, -0.05) is 18.2 Å². The van der Waals surface area contributed by atoms with Crippen molar-refractivity contribution in [2.75, 3.05) is 19.0 Å². The highest BCUT2D eigenvalue weighted by atomic mass is 32.2. The fraction of sp³-hybridized carbons (Fsp3) is 0.438. The Morgan fingerprint density at radius 1 is 1.24 bits per heavy atom. The molecule has 0 spiro atoms. The van der Waals surface area contributed by atoms with E-state index >= 15 is 0 Å². The van der Waals surface area contributed by atoms with Gasteiger partial charge in [0, 0.05) is 42.2 Å². The number of benzene rings is 1. The van der Waals surface area contributed by atoms with E-state index in [9.17, 15) is 4.55 Å². The highest BCUT2D eigenvalue weighted by Gasteiger charge is 2.23. The summed E-state index contributed by atoms with van der Waals surface area (Å²) in [4.78, 5) is 9.88. The number of hydrogen-bond acceptors (Lipinski definition) is 3. The molecule has 1 unspecified atom stereocenters. The molecule has 1 aliphatic rings. The zero-order valence-corrected chi connectivity index (χ0v) is 13.4. The molecular weight excluding hydrogens is 282 g/mol. The highest BCUT2D eigenvalue weighted by molar-refractivity contribution is 7.90. The van der Waals surface area contributed by atoms with E-state index in [-0.39, 0.29) is 0 Å². The first-order valence-corrected chi connectivity index (χ1v) is 8.68. The van der Waals surface area contributed by atoms with Crippen LogP contribution in [-0.2, 0) is 29.8 Å². The zero-order valence-electron chi connectivity index (χ0n) is 12.6. The van der Waals surface area contributed by atoms with Gasteiger partial charge in [-0.3, -0.25) is 0 Å². The second kappa shape index (κ2) is 6.12. The van der Waals surface area contributed by atoms with Crippen LogP contribution in [0.25, 0.3) is 0 Å². The third-order valence-corrected chi connectivity index (χ3v) is 5.11. The molecule has 2 aromatic rings. The average Bonchev–Trinajstić information content (AvgIpc) is 2.91. The lowest BCUT2D eigenvalue weighted by Gasteiger charge is -2.17. The molecule has 0 aliphatic heterocycles. The Balaban J connectivity index is 1.80. The molecule has 0 bridgehead atoms. The van der Waals surface area contributed by atoms with Crippen LogP contribution in [0.5, 0.6) is 0 Å². The van der Waals surface area contributed by atoms with Crippen LogP contribution in [0.2, 0.25) is 0 Å². The molecule has 5 heteroatoms. The maximum Gasteiger partial charge on any atom is 0.321 e. The number of aryl methyl sites for hydroxylation is 2. The maximum absolute atomic E-state index is 12.6. The van der Waals surface area contributed by atoms with E-state index in [4.69, 9.17) is 0 Å². The van der Waals surface area contributed by atoms with Gasteiger partial charge in [-0.05, 0) is 31.7 Å². The van der Waals surface area contributed by atoms with Crippen LogP contribution in [-0.4, -0.2) is 28.6 Å². The van der Waals surface area contributed by atoms with Gasteiger partial charge < -0.3 is 14.4 Å². The van der Waals surface area contributed by atoms with Crippen molar-refractivity contribution in [2.24, 2.45) is 0 Å². The summed E-state index contributed by atoms with van der Waals surface area (Å²) in [5.41, 5.74) is 4.51. The Kier molecular flexibility index (Phi) is 4.22. The second-order valence-electron chi connectivity index (χ2n) is 5.69. The van der Waals surface area contributed by atoms with Crippen LogP contribution >= 0.6 is 0 Å². The minimum absolute atomic E-state index is 0.501. The predicted molar refractivity (Wildman–Crippen MR) is 86.1 cm³/mol. The SMILES string of the molecule is CN(C)c1ccccc1C[S+]([O-])c1nc2c([nH]1)CCCC2. The van der Waals surface area contributed by atoms with E-state index in [1.165, 1.54) is 18.5 Å². The number of H-pyrrole nitrogens is 1. The van der Waals surface area contributed by atoms with E-state index in [2.05, 4.69) is 20.9 Å². The van der Waals surface area contributed by atoms with Gasteiger partial charge in [-0.15, -0.1) is 0 Å². The first-order chi connectivity index (χ1) is 10.1. The first-order valence-electron chi connectivity index (χ1n) is 7.36. The molecule has 1 aromatic heterocycles. The molecule has 0 saturated heterocycles. The third-order valence-electron chi connectivity index (χ3n) is 3.91. The third kappa shape index (κ3) is 3.09. The predicted octanol–water partition coefficient (Wildman–Crippen LogP) is 2.66. The van der Waals surface area contributed by atoms with Gasteiger partial charge in [-0.2, -0.15) is 4.98 Å². The fourth-order valence-corrected chi connectivity index (χ4v) is 3.93. The molecule has 4 nitrogen and oxygen atoms in total. The van der Waals surface area contributed by atoms with Crippen molar-refractivity contribution in [3.05, 3.63) is 41.2 Å². The lowest BCUT2D eigenvalue weighted by Crippen LogP contribution is -2.14. The molecule has 112 valence electrons.